The second-order valence-corrected chi connectivity index (χ2v) is 4.24. The first-order valence-electron chi connectivity index (χ1n) is 5.61. The topological polar surface area (TPSA) is 48.1 Å². The van der Waals surface area contributed by atoms with Crippen LogP contribution < -0.4 is 10.5 Å². The summed E-state index contributed by atoms with van der Waals surface area (Å²) in [6.07, 6.45) is 8.65. The highest BCUT2D eigenvalue weighted by molar-refractivity contribution is 5.49. The summed E-state index contributed by atoms with van der Waals surface area (Å²) in [4.78, 5) is 4.13. The van der Waals surface area contributed by atoms with Crippen LogP contribution in [0.15, 0.2) is 24.5 Å². The Balaban J connectivity index is 2.63. The van der Waals surface area contributed by atoms with Gasteiger partial charge in [-0.3, -0.25) is 4.98 Å². The third-order valence-corrected chi connectivity index (χ3v) is 1.92. The number of hydrogen-bond donors (Lipinski definition) is 1. The number of pyridine rings is 1. The molecule has 0 fully saturated rings. The van der Waals surface area contributed by atoms with E-state index < -0.39 is 0 Å². The molecule has 3 nitrogen and oxygen atoms in total. The molecule has 0 aliphatic heterocycles. The van der Waals surface area contributed by atoms with Crippen LogP contribution in [0.1, 0.15) is 32.8 Å². The van der Waals surface area contributed by atoms with E-state index in [4.69, 9.17) is 10.5 Å². The maximum Gasteiger partial charge on any atom is 0.138 e. The zero-order valence-electron chi connectivity index (χ0n) is 10.2. The molecule has 88 valence electrons. The van der Waals surface area contributed by atoms with Gasteiger partial charge in [0.1, 0.15) is 5.75 Å². The Morgan fingerprint density at radius 2 is 2.12 bits per heavy atom. The monoisotopic (exact) mass is 220 g/mol. The fourth-order valence-corrected chi connectivity index (χ4v) is 1.28. The summed E-state index contributed by atoms with van der Waals surface area (Å²) in [5.41, 5.74) is 6.70. The van der Waals surface area contributed by atoms with Gasteiger partial charge < -0.3 is 10.5 Å². The van der Waals surface area contributed by atoms with Gasteiger partial charge in [0, 0.05) is 12.2 Å². The first-order valence-corrected chi connectivity index (χ1v) is 5.61. The largest absolute Gasteiger partial charge is 0.489 e. The zero-order valence-corrected chi connectivity index (χ0v) is 10.2. The van der Waals surface area contributed by atoms with E-state index in [1.54, 1.807) is 6.20 Å². The van der Waals surface area contributed by atoms with Gasteiger partial charge in [0.2, 0.25) is 0 Å². The predicted molar refractivity (Wildman–Crippen MR) is 67.3 cm³/mol. The molecule has 0 aliphatic carbocycles. The Labute approximate surface area is 97.3 Å². The molecule has 3 heteroatoms. The van der Waals surface area contributed by atoms with Crippen molar-refractivity contribution in [2.24, 2.45) is 5.73 Å². The van der Waals surface area contributed by atoms with Gasteiger partial charge in [-0.2, -0.15) is 0 Å². The van der Waals surface area contributed by atoms with Crippen LogP contribution in [-0.2, 0) is 0 Å². The van der Waals surface area contributed by atoms with Crippen molar-refractivity contribution in [2.75, 3.05) is 0 Å². The van der Waals surface area contributed by atoms with E-state index in [1.165, 1.54) is 0 Å². The van der Waals surface area contributed by atoms with Crippen molar-refractivity contribution >= 4 is 6.08 Å². The molecule has 0 saturated carbocycles. The number of nitrogens with two attached hydrogens (primary N) is 1. The molecule has 1 atom stereocenters. The van der Waals surface area contributed by atoms with Gasteiger partial charge in [0.15, 0.2) is 0 Å². The molecule has 1 heterocycles. The fourth-order valence-electron chi connectivity index (χ4n) is 1.28. The summed E-state index contributed by atoms with van der Waals surface area (Å²) in [5.74, 6) is 0.804. The minimum absolute atomic E-state index is 0.171. The quantitative estimate of drug-likeness (QED) is 0.829. The number of aromatic nitrogens is 1. The molecular formula is C13H20N2O. The van der Waals surface area contributed by atoms with Crippen LogP contribution in [0, 0.1) is 0 Å². The van der Waals surface area contributed by atoms with Crippen LogP contribution >= 0.6 is 0 Å². The van der Waals surface area contributed by atoms with Crippen LogP contribution in [0.2, 0.25) is 0 Å². The molecule has 0 aliphatic rings. The van der Waals surface area contributed by atoms with Gasteiger partial charge in [-0.15, -0.1) is 0 Å². The first kappa shape index (κ1) is 12.7. The van der Waals surface area contributed by atoms with E-state index in [2.05, 4.69) is 11.1 Å². The van der Waals surface area contributed by atoms with Crippen LogP contribution in [0.4, 0.5) is 0 Å². The predicted octanol–water partition coefficient (Wildman–Crippen LogP) is 2.62. The molecule has 1 aromatic rings. The maximum absolute atomic E-state index is 5.66. The standard InChI is InChI=1S/C13H20N2O/c1-10(2)16-13-7-12(8-15-9-13)6-4-5-11(3)14/h4,6-11H,5,14H2,1-3H3/b6-4+. The number of ether oxygens (including phenoxy) is 1. The zero-order chi connectivity index (χ0) is 12.0. The van der Waals surface area contributed by atoms with Gasteiger partial charge in [0.25, 0.3) is 0 Å². The lowest BCUT2D eigenvalue weighted by atomic mass is 10.2. The molecule has 1 aromatic heterocycles. The average molecular weight is 220 g/mol. The summed E-state index contributed by atoms with van der Waals surface area (Å²) in [6, 6.07) is 2.17. The summed E-state index contributed by atoms with van der Waals surface area (Å²) < 4.78 is 5.56. The molecule has 0 spiro atoms. The molecule has 1 unspecified atom stereocenters. The van der Waals surface area contributed by atoms with Crippen molar-refractivity contribution in [2.45, 2.75) is 39.3 Å². The molecule has 1 rings (SSSR count). The van der Waals surface area contributed by atoms with E-state index in [0.29, 0.717) is 0 Å². The smallest absolute Gasteiger partial charge is 0.138 e. The van der Waals surface area contributed by atoms with Crippen molar-refractivity contribution in [3.63, 3.8) is 0 Å². The van der Waals surface area contributed by atoms with Crippen LogP contribution in [0.3, 0.4) is 0 Å². The third kappa shape index (κ3) is 4.94. The van der Waals surface area contributed by atoms with Gasteiger partial charge in [-0.1, -0.05) is 12.2 Å². The van der Waals surface area contributed by atoms with E-state index >= 15 is 0 Å². The molecule has 0 amide bonds. The molecule has 0 bridgehead atoms. The third-order valence-electron chi connectivity index (χ3n) is 1.92. The molecule has 2 N–H and O–H groups in total. The Kier molecular flexibility index (Phi) is 4.99. The van der Waals surface area contributed by atoms with Crippen molar-refractivity contribution < 1.29 is 4.74 Å². The highest BCUT2D eigenvalue weighted by Crippen LogP contribution is 2.14. The Hall–Kier alpha value is -1.35. The molecule has 0 saturated heterocycles. The first-order chi connectivity index (χ1) is 7.58. The van der Waals surface area contributed by atoms with Crippen LogP contribution in [0.25, 0.3) is 6.08 Å². The van der Waals surface area contributed by atoms with E-state index in [-0.39, 0.29) is 12.1 Å². The van der Waals surface area contributed by atoms with Crippen LogP contribution in [0.5, 0.6) is 5.75 Å². The minimum Gasteiger partial charge on any atom is -0.489 e. The Bertz CT molecular complexity index is 346. The summed E-state index contributed by atoms with van der Waals surface area (Å²) in [7, 11) is 0. The van der Waals surface area contributed by atoms with Crippen LogP contribution in [-0.4, -0.2) is 17.1 Å². The highest BCUT2D eigenvalue weighted by Gasteiger charge is 1.98. The lowest BCUT2D eigenvalue weighted by molar-refractivity contribution is 0.241. The molecular weight excluding hydrogens is 200 g/mol. The maximum atomic E-state index is 5.66. The van der Waals surface area contributed by atoms with Crippen molar-refractivity contribution in [1.29, 1.82) is 0 Å². The summed E-state index contributed by atoms with van der Waals surface area (Å²) in [5, 5.41) is 0. The second kappa shape index (κ2) is 6.28. The van der Waals surface area contributed by atoms with Gasteiger partial charge >= 0.3 is 0 Å². The van der Waals surface area contributed by atoms with Gasteiger partial charge in [0.05, 0.1) is 12.3 Å². The summed E-state index contributed by atoms with van der Waals surface area (Å²) in [6.45, 7) is 5.98. The SMILES string of the molecule is CC(N)C/C=C/c1cncc(OC(C)C)c1. The summed E-state index contributed by atoms with van der Waals surface area (Å²) >= 11 is 0. The normalized spacial score (nSPS) is 13.3. The van der Waals surface area contributed by atoms with Crippen molar-refractivity contribution in [3.05, 3.63) is 30.1 Å². The number of rotatable bonds is 5. The van der Waals surface area contributed by atoms with E-state index in [9.17, 15) is 0 Å². The van der Waals surface area contributed by atoms with Gasteiger partial charge in [-0.25, -0.2) is 0 Å². The number of hydrogen-bond acceptors (Lipinski definition) is 3. The van der Waals surface area contributed by atoms with E-state index in [1.807, 2.05) is 39.1 Å². The highest BCUT2D eigenvalue weighted by atomic mass is 16.5. The lowest BCUT2D eigenvalue weighted by Gasteiger charge is -2.09. The second-order valence-electron chi connectivity index (χ2n) is 4.24. The van der Waals surface area contributed by atoms with E-state index in [0.717, 1.165) is 17.7 Å². The molecule has 0 radical (unpaired) electrons. The average Bonchev–Trinajstić information content (AvgIpc) is 2.16. The lowest BCUT2D eigenvalue weighted by Crippen LogP contribution is -2.12. The van der Waals surface area contributed by atoms with Gasteiger partial charge in [-0.05, 0) is 38.8 Å². The Morgan fingerprint density at radius 3 is 2.75 bits per heavy atom. The Morgan fingerprint density at radius 1 is 1.38 bits per heavy atom. The fraction of sp³-hybridized carbons (Fsp3) is 0.462. The molecule has 0 aromatic carbocycles. The molecule has 16 heavy (non-hydrogen) atoms. The number of nitrogens with zero attached hydrogens (tertiary/aromatic N) is 1. The van der Waals surface area contributed by atoms with Crippen molar-refractivity contribution in [3.8, 4) is 5.75 Å². The van der Waals surface area contributed by atoms with Crippen molar-refractivity contribution in [1.82, 2.24) is 4.98 Å². The minimum atomic E-state index is 0.171.